The molecule has 1 heterocycles. The van der Waals surface area contributed by atoms with Crippen LogP contribution in [0.25, 0.3) is 0 Å². The second-order valence-electron chi connectivity index (χ2n) is 20.7. The summed E-state index contributed by atoms with van der Waals surface area (Å²) in [5, 5.41) is 76.1. The van der Waals surface area contributed by atoms with Gasteiger partial charge in [0.05, 0.1) is 25.4 Å². The standard InChI is InChI=1S/C60H111NO10/c1-3-5-7-9-11-13-15-17-19-21-23-25-26-27-28-30-31-33-35-37-39-41-43-45-47-52(63)55(65)51(50-70-60-58(68)57(67)56(66)54(49-62)71-60)61-59(69)53(64)48-46-44-42-40-38-36-34-32-29-24-22-20-18-16-14-12-10-8-6-4-2/h6,8,12,14,31,33,39,41,51-58,60,62-68H,3-5,7,9-11,13,15-30,32,34-38,40,42-50H2,1-2H3,(H,61,69)/b8-6-,14-12-,33-31+,41-39+. The molecule has 11 heteroatoms. The third-order valence-electron chi connectivity index (χ3n) is 14.1. The maximum absolute atomic E-state index is 13.2. The summed E-state index contributed by atoms with van der Waals surface area (Å²) in [4.78, 5) is 13.2. The molecule has 0 aliphatic carbocycles. The SMILES string of the molecule is CC/C=C\C/C=C\CCCCCCCCCCCCCCCC(O)C(=O)NC(COC1OC(CO)C(O)C(O)C1O)C(O)C(O)CCC/C=C/CC/C=C/CCCCCCCCCCCCCCCCC. The molecule has 0 radical (unpaired) electrons. The Balaban J connectivity index is 2.33. The van der Waals surface area contributed by atoms with E-state index in [1.165, 1.54) is 161 Å². The van der Waals surface area contributed by atoms with E-state index < -0.39 is 74.2 Å². The average Bonchev–Trinajstić information content (AvgIpc) is 3.37. The van der Waals surface area contributed by atoms with E-state index in [0.717, 1.165) is 51.4 Å². The minimum absolute atomic E-state index is 0.246. The van der Waals surface area contributed by atoms with E-state index in [-0.39, 0.29) is 12.8 Å². The van der Waals surface area contributed by atoms with Crippen molar-refractivity contribution in [1.82, 2.24) is 5.32 Å². The molecule has 9 atom stereocenters. The third kappa shape index (κ3) is 37.5. The van der Waals surface area contributed by atoms with E-state index in [4.69, 9.17) is 9.47 Å². The predicted octanol–water partition coefficient (Wildman–Crippen LogP) is 12.5. The molecule has 0 spiro atoms. The number of rotatable bonds is 50. The van der Waals surface area contributed by atoms with E-state index in [1.54, 1.807) is 0 Å². The topological polar surface area (TPSA) is 189 Å². The van der Waals surface area contributed by atoms with Gasteiger partial charge in [0.1, 0.15) is 36.6 Å². The molecule has 0 bridgehead atoms. The van der Waals surface area contributed by atoms with Crippen LogP contribution in [0.4, 0.5) is 0 Å². The number of hydrogen-bond donors (Lipinski definition) is 8. The van der Waals surface area contributed by atoms with Crippen LogP contribution in [0, 0.1) is 0 Å². The number of ether oxygens (including phenoxy) is 2. The van der Waals surface area contributed by atoms with Crippen LogP contribution in [0.2, 0.25) is 0 Å². The minimum Gasteiger partial charge on any atom is -0.394 e. The van der Waals surface area contributed by atoms with Crippen LogP contribution in [-0.2, 0) is 14.3 Å². The van der Waals surface area contributed by atoms with Crippen LogP contribution in [0.3, 0.4) is 0 Å². The first-order valence-corrected chi connectivity index (χ1v) is 29.5. The Morgan fingerprint density at radius 3 is 1.41 bits per heavy atom. The van der Waals surface area contributed by atoms with Crippen molar-refractivity contribution in [3.63, 3.8) is 0 Å². The van der Waals surface area contributed by atoms with Crippen molar-refractivity contribution >= 4 is 5.91 Å². The molecule has 1 aliphatic heterocycles. The van der Waals surface area contributed by atoms with E-state index in [1.807, 2.05) is 0 Å². The zero-order valence-corrected chi connectivity index (χ0v) is 45.5. The third-order valence-corrected chi connectivity index (χ3v) is 14.1. The molecular formula is C60H111NO10. The van der Waals surface area contributed by atoms with Gasteiger partial charge in [-0.05, 0) is 77.0 Å². The zero-order chi connectivity index (χ0) is 51.8. The van der Waals surface area contributed by atoms with E-state index >= 15 is 0 Å². The Bertz CT molecular complexity index is 1290. The minimum atomic E-state index is -1.67. The molecule has 9 unspecified atom stereocenters. The van der Waals surface area contributed by atoms with Gasteiger partial charge in [0.2, 0.25) is 5.91 Å². The summed E-state index contributed by atoms with van der Waals surface area (Å²) in [6.45, 7) is 3.36. The lowest BCUT2D eigenvalue weighted by Gasteiger charge is -2.40. The number of aliphatic hydroxyl groups excluding tert-OH is 7. The van der Waals surface area contributed by atoms with Crippen molar-refractivity contribution < 1.29 is 50.0 Å². The molecule has 0 saturated carbocycles. The number of carbonyl (C=O) groups is 1. The van der Waals surface area contributed by atoms with Crippen molar-refractivity contribution in [2.75, 3.05) is 13.2 Å². The summed E-state index contributed by atoms with van der Waals surface area (Å²) < 4.78 is 11.1. The fourth-order valence-corrected chi connectivity index (χ4v) is 9.32. The first kappa shape index (κ1) is 67.1. The van der Waals surface area contributed by atoms with Gasteiger partial charge >= 0.3 is 0 Å². The van der Waals surface area contributed by atoms with Gasteiger partial charge in [-0.2, -0.15) is 0 Å². The lowest BCUT2D eigenvalue weighted by molar-refractivity contribution is -0.303. The van der Waals surface area contributed by atoms with Crippen molar-refractivity contribution in [2.45, 2.75) is 313 Å². The largest absolute Gasteiger partial charge is 0.394 e. The highest BCUT2D eigenvalue weighted by Gasteiger charge is 2.44. The smallest absolute Gasteiger partial charge is 0.249 e. The molecule has 71 heavy (non-hydrogen) atoms. The molecule has 1 saturated heterocycles. The Kier molecular flexibility index (Phi) is 46.3. The Morgan fingerprint density at radius 2 is 0.930 bits per heavy atom. The fourth-order valence-electron chi connectivity index (χ4n) is 9.32. The Hall–Kier alpha value is -1.93. The number of allylic oxidation sites excluding steroid dienone is 8. The Morgan fingerprint density at radius 1 is 0.507 bits per heavy atom. The molecule has 1 rings (SSSR count). The van der Waals surface area contributed by atoms with E-state index in [9.17, 15) is 40.5 Å². The van der Waals surface area contributed by atoms with Crippen LogP contribution >= 0.6 is 0 Å². The Labute approximate surface area is 434 Å². The highest BCUT2D eigenvalue weighted by molar-refractivity contribution is 5.80. The van der Waals surface area contributed by atoms with Crippen LogP contribution in [0.5, 0.6) is 0 Å². The molecule has 0 aromatic carbocycles. The molecular weight excluding hydrogens is 895 g/mol. The maximum Gasteiger partial charge on any atom is 0.249 e. The van der Waals surface area contributed by atoms with Crippen molar-refractivity contribution in [3.05, 3.63) is 48.6 Å². The molecule has 1 amide bonds. The highest BCUT2D eigenvalue weighted by atomic mass is 16.7. The summed E-state index contributed by atoms with van der Waals surface area (Å²) in [7, 11) is 0. The first-order chi connectivity index (χ1) is 34.7. The summed E-state index contributed by atoms with van der Waals surface area (Å²) >= 11 is 0. The van der Waals surface area contributed by atoms with Crippen molar-refractivity contribution in [2.24, 2.45) is 0 Å². The fraction of sp³-hybridized carbons (Fsp3) is 0.850. The van der Waals surface area contributed by atoms with Crippen LogP contribution in [0.15, 0.2) is 48.6 Å². The summed E-state index contributed by atoms with van der Waals surface area (Å²) in [5.41, 5.74) is 0. The van der Waals surface area contributed by atoms with Crippen molar-refractivity contribution in [1.29, 1.82) is 0 Å². The summed E-state index contributed by atoms with van der Waals surface area (Å²) in [6, 6.07) is -1.19. The number of hydrogen-bond acceptors (Lipinski definition) is 10. The first-order valence-electron chi connectivity index (χ1n) is 29.5. The molecule has 11 nitrogen and oxygen atoms in total. The second kappa shape index (κ2) is 49.0. The molecule has 1 fully saturated rings. The molecule has 0 aromatic rings. The number of nitrogens with one attached hydrogen (secondary N) is 1. The van der Waals surface area contributed by atoms with Crippen LogP contribution < -0.4 is 5.32 Å². The number of amides is 1. The lowest BCUT2D eigenvalue weighted by Crippen LogP contribution is -2.60. The van der Waals surface area contributed by atoms with Crippen molar-refractivity contribution in [3.8, 4) is 0 Å². The van der Waals surface area contributed by atoms with Gasteiger partial charge in [0, 0.05) is 0 Å². The molecule has 416 valence electrons. The van der Waals surface area contributed by atoms with E-state index in [2.05, 4.69) is 67.8 Å². The summed E-state index contributed by atoms with van der Waals surface area (Å²) in [5.74, 6) is -0.710. The predicted molar refractivity (Wildman–Crippen MR) is 293 cm³/mol. The van der Waals surface area contributed by atoms with Gasteiger partial charge in [-0.15, -0.1) is 0 Å². The number of unbranched alkanes of at least 4 members (excludes halogenated alkanes) is 30. The van der Waals surface area contributed by atoms with Gasteiger partial charge in [-0.25, -0.2) is 0 Å². The zero-order valence-electron chi connectivity index (χ0n) is 45.5. The van der Waals surface area contributed by atoms with Gasteiger partial charge in [-0.3, -0.25) is 4.79 Å². The normalized spacial score (nSPS) is 20.5. The second-order valence-corrected chi connectivity index (χ2v) is 20.7. The number of carbonyl (C=O) groups excluding carboxylic acids is 1. The highest BCUT2D eigenvalue weighted by Crippen LogP contribution is 2.23. The van der Waals surface area contributed by atoms with Gasteiger partial charge in [0.25, 0.3) is 0 Å². The number of aliphatic hydroxyl groups is 7. The van der Waals surface area contributed by atoms with Crippen LogP contribution in [-0.4, -0.2) is 110 Å². The monoisotopic (exact) mass is 1010 g/mol. The average molecular weight is 1010 g/mol. The van der Waals surface area contributed by atoms with E-state index in [0.29, 0.717) is 19.3 Å². The molecule has 8 N–H and O–H groups in total. The van der Waals surface area contributed by atoms with Crippen LogP contribution in [0.1, 0.15) is 258 Å². The molecule has 0 aromatic heterocycles. The van der Waals surface area contributed by atoms with Gasteiger partial charge in [-0.1, -0.05) is 229 Å². The van der Waals surface area contributed by atoms with Gasteiger partial charge < -0.3 is 50.5 Å². The summed E-state index contributed by atoms with van der Waals surface area (Å²) in [6.07, 6.45) is 50.3. The molecule has 1 aliphatic rings. The van der Waals surface area contributed by atoms with Gasteiger partial charge in [0.15, 0.2) is 6.29 Å². The lowest BCUT2D eigenvalue weighted by atomic mass is 9.98. The quantitative estimate of drug-likeness (QED) is 0.0215. The maximum atomic E-state index is 13.2.